The van der Waals surface area contributed by atoms with Crippen molar-refractivity contribution in [2.75, 3.05) is 6.54 Å². The van der Waals surface area contributed by atoms with Crippen LogP contribution in [0, 0.1) is 5.92 Å². The Kier molecular flexibility index (Phi) is 4.11. The van der Waals surface area contributed by atoms with Crippen LogP contribution in [0.3, 0.4) is 0 Å². The third-order valence-corrected chi connectivity index (χ3v) is 5.48. The number of hydrogen-bond acceptors (Lipinski definition) is 3. The lowest BCUT2D eigenvalue weighted by Gasteiger charge is -2.27. The third kappa shape index (κ3) is 2.90. The highest BCUT2D eigenvalue weighted by molar-refractivity contribution is 7.19. The Labute approximate surface area is 125 Å². The molecule has 1 aromatic heterocycles. The lowest BCUT2D eigenvalue weighted by Crippen LogP contribution is -2.32. The predicted octanol–water partition coefficient (Wildman–Crippen LogP) is 3.98. The molecular formula is C17H24N2S. The predicted molar refractivity (Wildman–Crippen MR) is 88.0 cm³/mol. The van der Waals surface area contributed by atoms with Crippen molar-refractivity contribution in [1.29, 1.82) is 0 Å². The number of thiophene rings is 1. The highest BCUT2D eigenvalue weighted by Crippen LogP contribution is 2.34. The summed E-state index contributed by atoms with van der Waals surface area (Å²) in [6.07, 6.45) is 2.83. The van der Waals surface area contributed by atoms with Gasteiger partial charge >= 0.3 is 0 Å². The molecule has 1 heterocycles. The number of rotatable bonds is 6. The van der Waals surface area contributed by atoms with Crippen molar-refractivity contribution in [1.82, 2.24) is 4.90 Å². The summed E-state index contributed by atoms with van der Waals surface area (Å²) < 4.78 is 1.37. The van der Waals surface area contributed by atoms with Gasteiger partial charge < -0.3 is 5.73 Å². The molecule has 1 fully saturated rings. The van der Waals surface area contributed by atoms with E-state index in [2.05, 4.69) is 43.0 Å². The zero-order chi connectivity index (χ0) is 14.1. The van der Waals surface area contributed by atoms with E-state index in [0.29, 0.717) is 12.6 Å². The second-order valence-electron chi connectivity index (χ2n) is 6.17. The van der Waals surface area contributed by atoms with Gasteiger partial charge in [-0.1, -0.05) is 18.2 Å². The zero-order valence-corrected chi connectivity index (χ0v) is 13.2. The smallest absolute Gasteiger partial charge is 0.0349 e. The fourth-order valence-electron chi connectivity index (χ4n) is 2.78. The summed E-state index contributed by atoms with van der Waals surface area (Å²) in [5, 5.41) is 1.40. The van der Waals surface area contributed by atoms with E-state index in [1.165, 1.54) is 39.9 Å². The van der Waals surface area contributed by atoms with Crippen LogP contribution < -0.4 is 5.73 Å². The topological polar surface area (TPSA) is 29.3 Å². The Morgan fingerprint density at radius 1 is 1.30 bits per heavy atom. The van der Waals surface area contributed by atoms with Gasteiger partial charge in [0.05, 0.1) is 0 Å². The molecule has 0 unspecified atom stereocenters. The van der Waals surface area contributed by atoms with Gasteiger partial charge in [-0.05, 0) is 49.6 Å². The van der Waals surface area contributed by atoms with Crippen LogP contribution in [-0.2, 0) is 13.1 Å². The summed E-state index contributed by atoms with van der Waals surface area (Å²) in [6.45, 7) is 7.55. The van der Waals surface area contributed by atoms with E-state index in [0.717, 1.165) is 12.5 Å². The van der Waals surface area contributed by atoms with E-state index < -0.39 is 0 Å². The lowest BCUT2D eigenvalue weighted by atomic mass is 10.1. The van der Waals surface area contributed by atoms with Gasteiger partial charge in [0, 0.05) is 35.3 Å². The Bertz CT molecular complexity index is 584. The van der Waals surface area contributed by atoms with Crippen LogP contribution in [-0.4, -0.2) is 17.5 Å². The van der Waals surface area contributed by atoms with Gasteiger partial charge in [0.25, 0.3) is 0 Å². The molecule has 3 heteroatoms. The number of fused-ring (bicyclic) bond motifs is 1. The van der Waals surface area contributed by atoms with Crippen molar-refractivity contribution in [3.63, 3.8) is 0 Å². The molecule has 2 N–H and O–H groups in total. The fourth-order valence-corrected chi connectivity index (χ4v) is 3.88. The fraction of sp³-hybridized carbons (Fsp3) is 0.529. The summed E-state index contributed by atoms with van der Waals surface area (Å²) in [5.74, 6) is 0.934. The van der Waals surface area contributed by atoms with Crippen LogP contribution >= 0.6 is 11.3 Å². The molecule has 1 aliphatic carbocycles. The average molecular weight is 288 g/mol. The average Bonchev–Trinajstić information content (AvgIpc) is 3.19. The minimum Gasteiger partial charge on any atom is -0.326 e. The molecule has 108 valence electrons. The van der Waals surface area contributed by atoms with E-state index >= 15 is 0 Å². The van der Waals surface area contributed by atoms with Gasteiger partial charge in [0.2, 0.25) is 0 Å². The van der Waals surface area contributed by atoms with Crippen molar-refractivity contribution in [3.05, 3.63) is 34.7 Å². The van der Waals surface area contributed by atoms with Crippen LogP contribution in [0.1, 0.15) is 37.1 Å². The normalized spacial score (nSPS) is 15.7. The molecule has 0 saturated heterocycles. The molecule has 2 nitrogen and oxygen atoms in total. The Morgan fingerprint density at radius 3 is 2.70 bits per heavy atom. The lowest BCUT2D eigenvalue weighted by molar-refractivity contribution is 0.204. The number of hydrogen-bond donors (Lipinski definition) is 1. The largest absolute Gasteiger partial charge is 0.326 e. The van der Waals surface area contributed by atoms with Gasteiger partial charge in [-0.15, -0.1) is 11.3 Å². The van der Waals surface area contributed by atoms with E-state index in [4.69, 9.17) is 5.73 Å². The molecule has 1 saturated carbocycles. The molecule has 1 aliphatic rings. The first-order valence-corrected chi connectivity index (χ1v) is 8.44. The molecule has 0 atom stereocenters. The Hall–Kier alpha value is -0.900. The standard InChI is InChI=1S/C17H24N2S/c1-12(2)19(10-13-7-8-13)11-15-14-5-3-4-6-16(14)20-17(15)9-18/h3-6,12-13H,7-11,18H2,1-2H3. The molecular weight excluding hydrogens is 264 g/mol. The summed E-state index contributed by atoms with van der Waals surface area (Å²) >= 11 is 1.86. The summed E-state index contributed by atoms with van der Waals surface area (Å²) in [6, 6.07) is 9.31. The Balaban J connectivity index is 1.90. The third-order valence-electron chi connectivity index (χ3n) is 4.25. The molecule has 1 aromatic carbocycles. The molecule has 3 rings (SSSR count). The van der Waals surface area contributed by atoms with Gasteiger partial charge in [-0.2, -0.15) is 0 Å². The van der Waals surface area contributed by atoms with Gasteiger partial charge in [-0.3, -0.25) is 4.90 Å². The monoisotopic (exact) mass is 288 g/mol. The van der Waals surface area contributed by atoms with Gasteiger partial charge in [0.1, 0.15) is 0 Å². The highest BCUT2D eigenvalue weighted by atomic mass is 32.1. The number of benzene rings is 1. The van der Waals surface area contributed by atoms with E-state index in [-0.39, 0.29) is 0 Å². The minimum atomic E-state index is 0.597. The number of nitrogens with zero attached hydrogens (tertiary/aromatic N) is 1. The van der Waals surface area contributed by atoms with Crippen molar-refractivity contribution in [3.8, 4) is 0 Å². The van der Waals surface area contributed by atoms with Crippen molar-refractivity contribution < 1.29 is 0 Å². The second-order valence-corrected chi connectivity index (χ2v) is 7.31. The molecule has 20 heavy (non-hydrogen) atoms. The van der Waals surface area contributed by atoms with Crippen LogP contribution in [0.2, 0.25) is 0 Å². The molecule has 0 spiro atoms. The highest BCUT2D eigenvalue weighted by Gasteiger charge is 2.26. The van der Waals surface area contributed by atoms with E-state index in [1.807, 2.05) is 11.3 Å². The van der Waals surface area contributed by atoms with Crippen LogP contribution in [0.25, 0.3) is 10.1 Å². The van der Waals surface area contributed by atoms with Crippen LogP contribution in [0.4, 0.5) is 0 Å². The summed E-state index contributed by atoms with van der Waals surface area (Å²) in [4.78, 5) is 3.97. The Morgan fingerprint density at radius 2 is 2.05 bits per heavy atom. The minimum absolute atomic E-state index is 0.597. The summed E-state index contributed by atoms with van der Waals surface area (Å²) in [7, 11) is 0. The first kappa shape index (κ1) is 14.1. The zero-order valence-electron chi connectivity index (χ0n) is 12.4. The first-order valence-electron chi connectivity index (χ1n) is 7.62. The molecule has 2 aromatic rings. The molecule has 0 amide bonds. The van der Waals surface area contributed by atoms with Crippen molar-refractivity contribution in [2.45, 2.75) is 45.8 Å². The van der Waals surface area contributed by atoms with Crippen molar-refractivity contribution in [2.24, 2.45) is 11.7 Å². The van der Waals surface area contributed by atoms with Gasteiger partial charge in [-0.25, -0.2) is 0 Å². The second kappa shape index (κ2) is 5.84. The number of nitrogens with two attached hydrogens (primary N) is 1. The summed E-state index contributed by atoms with van der Waals surface area (Å²) in [5.41, 5.74) is 7.43. The first-order chi connectivity index (χ1) is 9.69. The van der Waals surface area contributed by atoms with E-state index in [1.54, 1.807) is 0 Å². The van der Waals surface area contributed by atoms with E-state index in [9.17, 15) is 0 Å². The van der Waals surface area contributed by atoms with Gasteiger partial charge in [0.15, 0.2) is 0 Å². The maximum atomic E-state index is 5.97. The molecule has 0 radical (unpaired) electrons. The SMILES string of the molecule is CC(C)N(Cc1c(CN)sc2ccccc12)CC1CC1. The van der Waals surface area contributed by atoms with Crippen LogP contribution in [0.15, 0.2) is 24.3 Å². The molecule has 0 aliphatic heterocycles. The maximum absolute atomic E-state index is 5.97. The van der Waals surface area contributed by atoms with Crippen LogP contribution in [0.5, 0.6) is 0 Å². The van der Waals surface area contributed by atoms with Crippen molar-refractivity contribution >= 4 is 21.4 Å². The quantitative estimate of drug-likeness (QED) is 0.871. The maximum Gasteiger partial charge on any atom is 0.0349 e. The molecule has 0 bridgehead atoms.